The number of fused-ring (bicyclic) bond motifs is 4. The maximum atomic E-state index is 5.76. The van der Waals surface area contributed by atoms with Crippen LogP contribution in [0.4, 0.5) is 23.1 Å². The van der Waals surface area contributed by atoms with Crippen LogP contribution >= 0.6 is 0 Å². The number of aromatic nitrogens is 3. The van der Waals surface area contributed by atoms with E-state index in [4.69, 9.17) is 19.4 Å². The predicted molar refractivity (Wildman–Crippen MR) is 131 cm³/mol. The first-order valence-corrected chi connectivity index (χ1v) is 12.1. The van der Waals surface area contributed by atoms with Gasteiger partial charge in [0.05, 0.1) is 43.2 Å². The van der Waals surface area contributed by atoms with Gasteiger partial charge in [-0.25, -0.2) is 15.0 Å². The molecule has 4 bridgehead atoms. The van der Waals surface area contributed by atoms with E-state index in [1.54, 1.807) is 6.20 Å². The van der Waals surface area contributed by atoms with Crippen LogP contribution in [-0.2, 0) is 9.47 Å². The number of nitrogens with zero attached hydrogens (tertiary/aromatic N) is 5. The summed E-state index contributed by atoms with van der Waals surface area (Å²) in [5.74, 6) is 1.59. The number of aryl methyl sites for hydroxylation is 1. The molecular weight excluding hydrogens is 428 g/mol. The first kappa shape index (κ1) is 20.2. The molecule has 0 aliphatic carbocycles. The summed E-state index contributed by atoms with van der Waals surface area (Å²) in [5.41, 5.74) is 5.35. The molecule has 4 fully saturated rings. The molecule has 0 unspecified atom stereocenters. The van der Waals surface area contributed by atoms with Gasteiger partial charge in [-0.05, 0) is 61.7 Å². The molecule has 3 aromatic rings. The topological polar surface area (TPSA) is 75.6 Å². The van der Waals surface area contributed by atoms with Crippen molar-refractivity contribution in [1.29, 1.82) is 0 Å². The van der Waals surface area contributed by atoms with Crippen LogP contribution in [0.3, 0.4) is 0 Å². The molecule has 4 aliphatic heterocycles. The summed E-state index contributed by atoms with van der Waals surface area (Å²) in [4.78, 5) is 18.7. The number of nitrogens with one attached hydrogen (secondary N) is 1. The molecular formula is C26H28N6O2. The van der Waals surface area contributed by atoms with Gasteiger partial charge >= 0.3 is 0 Å². The largest absolute Gasteiger partial charge is 0.374 e. The third-order valence-corrected chi connectivity index (χ3v) is 7.56. The second kappa shape index (κ2) is 7.92. The maximum Gasteiger partial charge on any atom is 0.227 e. The number of pyridine rings is 1. The molecule has 2 aromatic heterocycles. The van der Waals surface area contributed by atoms with Gasteiger partial charge in [0.1, 0.15) is 5.82 Å². The lowest BCUT2D eigenvalue weighted by Gasteiger charge is -2.30. The van der Waals surface area contributed by atoms with Crippen LogP contribution in [0, 0.1) is 6.92 Å². The molecule has 6 heterocycles. The lowest BCUT2D eigenvalue weighted by atomic mass is 10.1. The molecule has 4 atom stereocenters. The highest BCUT2D eigenvalue weighted by molar-refractivity contribution is 5.66. The molecule has 4 aliphatic rings. The summed E-state index contributed by atoms with van der Waals surface area (Å²) >= 11 is 0. The van der Waals surface area contributed by atoms with Crippen molar-refractivity contribution in [3.63, 3.8) is 0 Å². The Bertz CT molecular complexity index is 1220. The van der Waals surface area contributed by atoms with Crippen molar-refractivity contribution < 1.29 is 9.47 Å². The SMILES string of the molecule is Cc1cc(Nc2nccc(-c3ccc(N4C[C@@H]5C[C@H]4CO5)nc3)n2)ccc1N1C[C@@H]2C[C@H]1CO2. The van der Waals surface area contributed by atoms with Gasteiger partial charge < -0.3 is 24.6 Å². The molecule has 0 saturated carbocycles. The van der Waals surface area contributed by atoms with E-state index in [9.17, 15) is 0 Å². The third kappa shape index (κ3) is 3.49. The van der Waals surface area contributed by atoms with Crippen LogP contribution in [-0.4, -0.2) is 65.5 Å². The first-order chi connectivity index (χ1) is 16.7. The van der Waals surface area contributed by atoms with Crippen molar-refractivity contribution in [3.05, 3.63) is 54.4 Å². The number of rotatable bonds is 5. The molecule has 0 radical (unpaired) electrons. The minimum absolute atomic E-state index is 0.360. The highest BCUT2D eigenvalue weighted by atomic mass is 16.5. The molecule has 8 nitrogen and oxygen atoms in total. The molecule has 34 heavy (non-hydrogen) atoms. The Morgan fingerprint density at radius 3 is 2.35 bits per heavy atom. The van der Waals surface area contributed by atoms with Crippen LogP contribution in [0.15, 0.2) is 48.8 Å². The van der Waals surface area contributed by atoms with E-state index in [1.807, 2.05) is 12.3 Å². The number of benzene rings is 1. The molecule has 7 rings (SSSR count). The second-order valence-electron chi connectivity index (χ2n) is 9.79. The van der Waals surface area contributed by atoms with E-state index in [0.29, 0.717) is 30.2 Å². The van der Waals surface area contributed by atoms with E-state index in [-0.39, 0.29) is 0 Å². The Morgan fingerprint density at radius 1 is 0.912 bits per heavy atom. The molecule has 4 saturated heterocycles. The zero-order chi connectivity index (χ0) is 22.6. The highest BCUT2D eigenvalue weighted by Crippen LogP contribution is 2.36. The van der Waals surface area contributed by atoms with Crippen LogP contribution < -0.4 is 15.1 Å². The Labute approximate surface area is 198 Å². The number of anilines is 4. The van der Waals surface area contributed by atoms with Crippen LogP contribution in [0.5, 0.6) is 0 Å². The third-order valence-electron chi connectivity index (χ3n) is 7.56. The average molecular weight is 457 g/mol. The quantitative estimate of drug-likeness (QED) is 0.625. The summed E-state index contributed by atoms with van der Waals surface area (Å²) in [7, 11) is 0. The standard InChI is InChI=1S/C26H28N6O2/c1-16-8-18(3-4-24(16)31-12-21-9-19(31)14-33-21)29-26-27-7-6-23(30-26)17-2-5-25(28-11-17)32-13-22-10-20(32)15-34-22/h2-8,11,19-22H,9-10,12-15H2,1H3,(H,27,29,30)/t19-,20-,21-,22-/m0/s1. The molecule has 1 N–H and O–H groups in total. The fourth-order valence-electron chi connectivity index (χ4n) is 5.85. The summed E-state index contributed by atoms with van der Waals surface area (Å²) < 4.78 is 11.5. The van der Waals surface area contributed by atoms with Gasteiger partial charge in [-0.15, -0.1) is 0 Å². The van der Waals surface area contributed by atoms with E-state index >= 15 is 0 Å². The zero-order valence-electron chi connectivity index (χ0n) is 19.2. The van der Waals surface area contributed by atoms with E-state index < -0.39 is 0 Å². The minimum Gasteiger partial charge on any atom is -0.374 e. The number of hydrogen-bond donors (Lipinski definition) is 1. The van der Waals surface area contributed by atoms with Gasteiger partial charge in [0.25, 0.3) is 0 Å². The van der Waals surface area contributed by atoms with Gasteiger partial charge in [-0.2, -0.15) is 0 Å². The van der Waals surface area contributed by atoms with Gasteiger partial charge in [-0.3, -0.25) is 0 Å². The normalized spacial score (nSPS) is 27.1. The molecule has 8 heteroatoms. The maximum absolute atomic E-state index is 5.76. The predicted octanol–water partition coefficient (Wildman–Crippen LogP) is 3.55. The van der Waals surface area contributed by atoms with Crippen molar-refractivity contribution in [2.45, 2.75) is 44.1 Å². The number of hydrogen-bond acceptors (Lipinski definition) is 8. The van der Waals surface area contributed by atoms with Crippen molar-refractivity contribution in [2.24, 2.45) is 0 Å². The fourth-order valence-corrected chi connectivity index (χ4v) is 5.85. The second-order valence-corrected chi connectivity index (χ2v) is 9.79. The Morgan fingerprint density at radius 2 is 1.71 bits per heavy atom. The van der Waals surface area contributed by atoms with Gasteiger partial charge in [0.2, 0.25) is 5.95 Å². The number of ether oxygens (including phenoxy) is 2. The molecule has 0 amide bonds. The summed E-state index contributed by atoms with van der Waals surface area (Å²) in [6.45, 7) is 5.74. The molecule has 1 aromatic carbocycles. The van der Waals surface area contributed by atoms with Crippen molar-refractivity contribution in [2.75, 3.05) is 41.4 Å². The monoisotopic (exact) mass is 456 g/mol. The molecule has 0 spiro atoms. The van der Waals surface area contributed by atoms with E-state index in [2.05, 4.69) is 57.4 Å². The van der Waals surface area contributed by atoms with Crippen molar-refractivity contribution in [1.82, 2.24) is 15.0 Å². The Kier molecular flexibility index (Phi) is 4.70. The van der Waals surface area contributed by atoms with Crippen LogP contribution in [0.25, 0.3) is 11.3 Å². The van der Waals surface area contributed by atoms with Crippen molar-refractivity contribution in [3.8, 4) is 11.3 Å². The summed E-state index contributed by atoms with van der Waals surface area (Å²) in [6, 6.07) is 13.5. The summed E-state index contributed by atoms with van der Waals surface area (Å²) in [5, 5.41) is 3.37. The highest BCUT2D eigenvalue weighted by Gasteiger charge is 2.40. The Balaban J connectivity index is 1.07. The zero-order valence-corrected chi connectivity index (χ0v) is 19.2. The Hall–Kier alpha value is -3.23. The van der Waals surface area contributed by atoms with E-state index in [1.165, 1.54) is 11.3 Å². The fraction of sp³-hybridized carbons (Fsp3) is 0.423. The van der Waals surface area contributed by atoms with Gasteiger partial charge in [0.15, 0.2) is 0 Å². The van der Waals surface area contributed by atoms with Crippen LogP contribution in [0.2, 0.25) is 0 Å². The first-order valence-electron chi connectivity index (χ1n) is 12.1. The lowest BCUT2D eigenvalue weighted by molar-refractivity contribution is 0.0988. The van der Waals surface area contributed by atoms with Gasteiger partial charge in [-0.1, -0.05) is 0 Å². The number of morpholine rings is 2. The summed E-state index contributed by atoms with van der Waals surface area (Å²) in [6.07, 6.45) is 6.70. The molecule has 174 valence electrons. The van der Waals surface area contributed by atoms with Crippen molar-refractivity contribution >= 4 is 23.1 Å². The minimum atomic E-state index is 0.360. The van der Waals surface area contributed by atoms with E-state index in [0.717, 1.165) is 61.9 Å². The average Bonchev–Trinajstić information content (AvgIpc) is 3.67. The van der Waals surface area contributed by atoms with Crippen LogP contribution in [0.1, 0.15) is 18.4 Å². The van der Waals surface area contributed by atoms with Gasteiger partial charge in [0, 0.05) is 42.4 Å². The lowest BCUT2D eigenvalue weighted by Crippen LogP contribution is -2.37. The smallest absolute Gasteiger partial charge is 0.227 e.